The normalized spacial score (nSPS) is 21.0. The lowest BCUT2D eigenvalue weighted by Crippen LogP contribution is -2.53. The average molecular weight is 242 g/mol. The molecule has 3 N–H and O–H groups in total. The second-order valence-electron chi connectivity index (χ2n) is 5.50. The van der Waals surface area contributed by atoms with E-state index in [1.807, 2.05) is 0 Å². The van der Waals surface area contributed by atoms with E-state index in [1.165, 1.54) is 26.2 Å². The first kappa shape index (κ1) is 14.9. The Bertz CT molecular complexity index is 188. The Labute approximate surface area is 107 Å². The van der Waals surface area contributed by atoms with E-state index in [-0.39, 0.29) is 0 Å². The number of nitrogens with zero attached hydrogens (tertiary/aromatic N) is 2. The molecule has 1 saturated heterocycles. The molecule has 4 heteroatoms. The highest BCUT2D eigenvalue weighted by molar-refractivity contribution is 4.81. The third-order valence-corrected chi connectivity index (χ3v) is 3.69. The molecular formula is C13H30N4. The van der Waals surface area contributed by atoms with Gasteiger partial charge in [-0.15, -0.1) is 0 Å². The van der Waals surface area contributed by atoms with E-state index >= 15 is 0 Å². The molecule has 1 fully saturated rings. The first-order chi connectivity index (χ1) is 8.15. The van der Waals surface area contributed by atoms with Crippen molar-refractivity contribution in [2.75, 3.05) is 52.9 Å². The molecule has 0 aromatic rings. The summed E-state index contributed by atoms with van der Waals surface area (Å²) in [6.07, 6.45) is 1.08. The number of likely N-dealkylation sites (N-methyl/N-ethyl adjacent to an activating group) is 1. The predicted octanol–water partition coefficient (Wildman–Crippen LogP) is 0.197. The SMILES string of the molecule is CC(C)C(CNCCCN)N1CCN(C)CC1. The van der Waals surface area contributed by atoms with Crippen LogP contribution in [0.5, 0.6) is 0 Å². The fourth-order valence-electron chi connectivity index (χ4n) is 2.42. The van der Waals surface area contributed by atoms with Crippen molar-refractivity contribution in [3.8, 4) is 0 Å². The van der Waals surface area contributed by atoms with Crippen LogP contribution >= 0.6 is 0 Å². The van der Waals surface area contributed by atoms with Crippen LogP contribution in [0.3, 0.4) is 0 Å². The minimum atomic E-state index is 0.668. The summed E-state index contributed by atoms with van der Waals surface area (Å²) in [4.78, 5) is 5.05. The van der Waals surface area contributed by atoms with Gasteiger partial charge in [0, 0.05) is 38.8 Å². The molecule has 0 radical (unpaired) electrons. The lowest BCUT2D eigenvalue weighted by atomic mass is 10.0. The second-order valence-corrected chi connectivity index (χ2v) is 5.50. The topological polar surface area (TPSA) is 44.5 Å². The van der Waals surface area contributed by atoms with Gasteiger partial charge in [0.05, 0.1) is 0 Å². The van der Waals surface area contributed by atoms with Crippen molar-refractivity contribution in [2.45, 2.75) is 26.3 Å². The molecule has 0 saturated carbocycles. The molecule has 1 aliphatic heterocycles. The highest BCUT2D eigenvalue weighted by atomic mass is 15.3. The molecule has 1 rings (SSSR count). The Morgan fingerprint density at radius 1 is 1.18 bits per heavy atom. The van der Waals surface area contributed by atoms with Gasteiger partial charge in [-0.05, 0) is 32.5 Å². The Kier molecular flexibility index (Phi) is 7.04. The lowest BCUT2D eigenvalue weighted by molar-refractivity contribution is 0.0877. The Balaban J connectivity index is 2.32. The van der Waals surface area contributed by atoms with Crippen molar-refractivity contribution >= 4 is 0 Å². The Hall–Kier alpha value is -0.160. The molecule has 4 nitrogen and oxygen atoms in total. The van der Waals surface area contributed by atoms with Gasteiger partial charge >= 0.3 is 0 Å². The van der Waals surface area contributed by atoms with Crippen LogP contribution in [0, 0.1) is 5.92 Å². The number of rotatable bonds is 7. The van der Waals surface area contributed by atoms with Crippen LogP contribution in [0.25, 0.3) is 0 Å². The van der Waals surface area contributed by atoms with E-state index < -0.39 is 0 Å². The van der Waals surface area contributed by atoms with E-state index in [9.17, 15) is 0 Å². The highest BCUT2D eigenvalue weighted by Crippen LogP contribution is 2.12. The van der Waals surface area contributed by atoms with Crippen molar-refractivity contribution in [3.63, 3.8) is 0 Å². The van der Waals surface area contributed by atoms with Crippen LogP contribution in [-0.2, 0) is 0 Å². The summed E-state index contributed by atoms with van der Waals surface area (Å²) in [5.41, 5.74) is 5.51. The van der Waals surface area contributed by atoms with Crippen LogP contribution in [0.1, 0.15) is 20.3 Å². The van der Waals surface area contributed by atoms with Crippen molar-refractivity contribution in [1.82, 2.24) is 15.1 Å². The largest absolute Gasteiger partial charge is 0.330 e. The van der Waals surface area contributed by atoms with E-state index in [0.29, 0.717) is 12.0 Å². The quantitative estimate of drug-likeness (QED) is 0.626. The van der Waals surface area contributed by atoms with Crippen molar-refractivity contribution in [1.29, 1.82) is 0 Å². The smallest absolute Gasteiger partial charge is 0.0244 e. The van der Waals surface area contributed by atoms with Crippen molar-refractivity contribution in [3.05, 3.63) is 0 Å². The Morgan fingerprint density at radius 2 is 1.82 bits per heavy atom. The number of hydrogen-bond acceptors (Lipinski definition) is 4. The van der Waals surface area contributed by atoms with Crippen LogP contribution in [0.15, 0.2) is 0 Å². The van der Waals surface area contributed by atoms with E-state index in [2.05, 4.69) is 36.0 Å². The first-order valence-electron chi connectivity index (χ1n) is 6.98. The summed E-state index contributed by atoms with van der Waals surface area (Å²) in [5.74, 6) is 0.712. The molecule has 1 atom stereocenters. The summed E-state index contributed by atoms with van der Waals surface area (Å²) in [5, 5.41) is 3.54. The molecule has 0 aromatic heterocycles. The number of piperazine rings is 1. The summed E-state index contributed by atoms with van der Waals surface area (Å²) in [7, 11) is 2.21. The summed E-state index contributed by atoms with van der Waals surface area (Å²) in [6, 6.07) is 0.668. The molecule has 0 aromatic carbocycles. The first-order valence-corrected chi connectivity index (χ1v) is 6.98. The van der Waals surface area contributed by atoms with Gasteiger partial charge in [-0.2, -0.15) is 0 Å². The maximum absolute atomic E-state index is 5.51. The fraction of sp³-hybridized carbons (Fsp3) is 1.00. The summed E-state index contributed by atoms with van der Waals surface area (Å²) >= 11 is 0. The Morgan fingerprint density at radius 3 is 2.35 bits per heavy atom. The lowest BCUT2D eigenvalue weighted by Gasteiger charge is -2.40. The van der Waals surface area contributed by atoms with E-state index in [0.717, 1.165) is 26.1 Å². The van der Waals surface area contributed by atoms with E-state index in [1.54, 1.807) is 0 Å². The van der Waals surface area contributed by atoms with Gasteiger partial charge in [-0.3, -0.25) is 4.90 Å². The zero-order chi connectivity index (χ0) is 12.7. The number of hydrogen-bond donors (Lipinski definition) is 2. The standard InChI is InChI=1S/C13H30N4/c1-12(2)13(11-15-6-4-5-14)17-9-7-16(3)8-10-17/h12-13,15H,4-11,14H2,1-3H3. The van der Waals surface area contributed by atoms with E-state index in [4.69, 9.17) is 5.73 Å². The molecule has 0 amide bonds. The van der Waals surface area contributed by atoms with Gasteiger partial charge in [-0.25, -0.2) is 0 Å². The fourth-order valence-corrected chi connectivity index (χ4v) is 2.42. The van der Waals surface area contributed by atoms with Gasteiger partial charge < -0.3 is 16.0 Å². The van der Waals surface area contributed by atoms with Gasteiger partial charge in [0.2, 0.25) is 0 Å². The average Bonchev–Trinajstić information content (AvgIpc) is 2.30. The van der Waals surface area contributed by atoms with Crippen LogP contribution in [0.4, 0.5) is 0 Å². The molecule has 0 spiro atoms. The van der Waals surface area contributed by atoms with Crippen LogP contribution < -0.4 is 11.1 Å². The molecule has 17 heavy (non-hydrogen) atoms. The molecule has 1 heterocycles. The zero-order valence-corrected chi connectivity index (χ0v) is 11.8. The third-order valence-electron chi connectivity index (χ3n) is 3.69. The molecular weight excluding hydrogens is 212 g/mol. The molecule has 1 unspecified atom stereocenters. The van der Waals surface area contributed by atoms with Crippen LogP contribution in [0.2, 0.25) is 0 Å². The predicted molar refractivity (Wildman–Crippen MR) is 74.2 cm³/mol. The summed E-state index contributed by atoms with van der Waals surface area (Å²) < 4.78 is 0. The monoisotopic (exact) mass is 242 g/mol. The highest BCUT2D eigenvalue weighted by Gasteiger charge is 2.24. The van der Waals surface area contributed by atoms with Crippen molar-refractivity contribution in [2.24, 2.45) is 11.7 Å². The number of nitrogens with two attached hydrogens (primary N) is 1. The minimum Gasteiger partial charge on any atom is -0.330 e. The zero-order valence-electron chi connectivity index (χ0n) is 11.8. The van der Waals surface area contributed by atoms with Gasteiger partial charge in [0.25, 0.3) is 0 Å². The van der Waals surface area contributed by atoms with Gasteiger partial charge in [-0.1, -0.05) is 13.8 Å². The molecule has 0 bridgehead atoms. The maximum Gasteiger partial charge on any atom is 0.0244 e. The number of nitrogens with one attached hydrogen (secondary N) is 1. The minimum absolute atomic E-state index is 0.668. The molecule has 0 aliphatic carbocycles. The third kappa shape index (κ3) is 5.34. The summed E-state index contributed by atoms with van der Waals surface area (Å²) in [6.45, 7) is 12.4. The second kappa shape index (κ2) is 8.03. The van der Waals surface area contributed by atoms with Gasteiger partial charge in [0.1, 0.15) is 0 Å². The molecule has 1 aliphatic rings. The van der Waals surface area contributed by atoms with Crippen molar-refractivity contribution < 1.29 is 0 Å². The maximum atomic E-state index is 5.51. The van der Waals surface area contributed by atoms with Gasteiger partial charge in [0.15, 0.2) is 0 Å². The van der Waals surface area contributed by atoms with Crippen LogP contribution in [-0.4, -0.2) is 68.7 Å². The molecule has 102 valence electrons.